The summed E-state index contributed by atoms with van der Waals surface area (Å²) in [6, 6.07) is 0. The molecule has 2 heterocycles. The quantitative estimate of drug-likeness (QED) is 0.326. The first-order chi connectivity index (χ1) is 9.24. The Balaban J connectivity index is 2.33. The van der Waals surface area contributed by atoms with Gasteiger partial charge in [0.05, 0.1) is 12.8 Å². The average Bonchev–Trinajstić information content (AvgIpc) is 2.81. The van der Waals surface area contributed by atoms with E-state index in [9.17, 15) is 14.8 Å². The summed E-state index contributed by atoms with van der Waals surface area (Å²) in [5.74, 6) is -0.686. The number of phosphoric acid groups is 1. The molecule has 0 aliphatic carbocycles. The van der Waals surface area contributed by atoms with E-state index in [-0.39, 0.29) is 5.95 Å². The first kappa shape index (κ1) is 15.2. The van der Waals surface area contributed by atoms with Crippen molar-refractivity contribution in [3.05, 3.63) is 6.20 Å². The number of aliphatic hydroxyl groups excluding tert-OH is 3. The fourth-order valence-corrected chi connectivity index (χ4v) is 2.28. The van der Waals surface area contributed by atoms with E-state index >= 15 is 0 Å². The van der Waals surface area contributed by atoms with Crippen molar-refractivity contribution >= 4 is 13.8 Å². The number of anilines is 1. The molecule has 1 aromatic heterocycles. The lowest BCUT2D eigenvalue weighted by Crippen LogP contribution is -2.33. The molecule has 20 heavy (non-hydrogen) atoms. The van der Waals surface area contributed by atoms with Gasteiger partial charge < -0.3 is 30.3 Å². The highest BCUT2D eigenvalue weighted by Crippen LogP contribution is 2.41. The number of ether oxygens (including phenoxy) is 1. The van der Waals surface area contributed by atoms with Crippen molar-refractivity contribution in [2.75, 3.05) is 12.3 Å². The number of imidazole rings is 1. The third-order valence-electron chi connectivity index (χ3n) is 2.78. The molecule has 114 valence electrons. The van der Waals surface area contributed by atoms with Crippen molar-refractivity contribution in [2.24, 2.45) is 0 Å². The molecule has 1 saturated heterocycles. The number of hydrogen-bond donors (Lipinski definition) is 6. The van der Waals surface area contributed by atoms with Gasteiger partial charge in [0.25, 0.3) is 0 Å². The second kappa shape index (κ2) is 5.30. The number of nitrogen functional groups attached to an aromatic ring is 1. The Morgan fingerprint density at radius 3 is 2.60 bits per heavy atom. The molecule has 12 heteroatoms. The van der Waals surface area contributed by atoms with Crippen LogP contribution >= 0.6 is 7.82 Å². The van der Waals surface area contributed by atoms with Crippen LogP contribution in [0.5, 0.6) is 5.88 Å². The van der Waals surface area contributed by atoms with Gasteiger partial charge in [0.2, 0.25) is 11.8 Å². The molecule has 0 saturated carbocycles. The number of aliphatic hydroxyl groups is 3. The Hall–Kier alpha value is -1.20. The van der Waals surface area contributed by atoms with Gasteiger partial charge in [-0.15, -0.1) is 0 Å². The minimum atomic E-state index is -4.86. The van der Waals surface area contributed by atoms with E-state index in [1.807, 2.05) is 0 Å². The van der Waals surface area contributed by atoms with E-state index < -0.39 is 44.8 Å². The highest BCUT2D eigenvalue weighted by molar-refractivity contribution is 7.46. The van der Waals surface area contributed by atoms with Gasteiger partial charge in [-0.2, -0.15) is 0 Å². The third-order valence-corrected chi connectivity index (χ3v) is 3.20. The fraction of sp³-hybridized carbons (Fsp3) is 0.625. The van der Waals surface area contributed by atoms with E-state index in [0.29, 0.717) is 0 Å². The maximum absolute atomic E-state index is 10.8. The monoisotopic (exact) mass is 311 g/mol. The van der Waals surface area contributed by atoms with Crippen LogP contribution < -0.4 is 10.3 Å². The minimum absolute atomic E-state index is 0.247. The van der Waals surface area contributed by atoms with Crippen molar-refractivity contribution < 1.29 is 38.9 Å². The van der Waals surface area contributed by atoms with Gasteiger partial charge in [0, 0.05) is 0 Å². The molecule has 4 atom stereocenters. The van der Waals surface area contributed by atoms with E-state index in [1.165, 1.54) is 0 Å². The van der Waals surface area contributed by atoms with Gasteiger partial charge >= 0.3 is 7.82 Å². The van der Waals surface area contributed by atoms with Crippen LogP contribution in [-0.4, -0.2) is 59.6 Å². The predicted molar refractivity (Wildman–Crippen MR) is 62.3 cm³/mol. The third kappa shape index (κ3) is 2.79. The molecule has 11 nitrogen and oxygen atoms in total. The summed E-state index contributed by atoms with van der Waals surface area (Å²) in [5.41, 5.74) is 5.52. The molecule has 7 N–H and O–H groups in total. The number of nitrogens with two attached hydrogens (primary N) is 1. The first-order valence-electron chi connectivity index (χ1n) is 5.45. The minimum Gasteiger partial charge on any atom is -0.394 e. The molecular formula is C8H14N3O8P. The Bertz CT molecular complexity index is 530. The molecule has 1 aliphatic rings. The highest BCUT2D eigenvalue weighted by atomic mass is 31.2. The summed E-state index contributed by atoms with van der Waals surface area (Å²) in [5, 5.41) is 28.5. The van der Waals surface area contributed by atoms with Gasteiger partial charge in [-0.1, -0.05) is 0 Å². The number of phosphoric ester groups is 1. The van der Waals surface area contributed by atoms with E-state index in [4.69, 9.17) is 25.4 Å². The normalized spacial score (nSPS) is 30.6. The lowest BCUT2D eigenvalue weighted by molar-refractivity contribution is -0.0535. The van der Waals surface area contributed by atoms with Crippen LogP contribution in [0, 0.1) is 0 Å². The van der Waals surface area contributed by atoms with Crippen molar-refractivity contribution in [3.63, 3.8) is 0 Å². The summed E-state index contributed by atoms with van der Waals surface area (Å²) in [6.45, 7) is -0.558. The standard InChI is InChI=1S/C8H14N3O8P/c9-8-10-1-4(19-20(15,16)17)11(8)7-6(14)5(13)3(2-12)18-7/h1,3,5-7,12-14H,2H2,(H2,9,10)(H2,15,16,17)/t3-,5-,6-,7?/m1/s1. The molecule has 0 radical (unpaired) electrons. The van der Waals surface area contributed by atoms with Gasteiger partial charge in [-0.3, -0.25) is 14.4 Å². The molecule has 1 aliphatic heterocycles. The summed E-state index contributed by atoms with van der Waals surface area (Å²) >= 11 is 0. The van der Waals surface area contributed by atoms with E-state index in [0.717, 1.165) is 10.8 Å². The van der Waals surface area contributed by atoms with Gasteiger partial charge in [-0.25, -0.2) is 9.55 Å². The molecule has 0 amide bonds. The largest absolute Gasteiger partial charge is 0.526 e. The van der Waals surface area contributed by atoms with Crippen LogP contribution in [0.25, 0.3) is 0 Å². The fourth-order valence-electron chi connectivity index (χ4n) is 1.90. The topological polar surface area (TPSA) is 181 Å². The lowest BCUT2D eigenvalue weighted by atomic mass is 10.1. The second-order valence-corrected chi connectivity index (χ2v) is 5.30. The smallest absolute Gasteiger partial charge is 0.394 e. The maximum Gasteiger partial charge on any atom is 0.526 e. The van der Waals surface area contributed by atoms with Crippen LogP contribution in [-0.2, 0) is 9.30 Å². The van der Waals surface area contributed by atoms with Crippen molar-refractivity contribution in [3.8, 4) is 5.88 Å². The summed E-state index contributed by atoms with van der Waals surface area (Å²) in [7, 11) is -4.86. The SMILES string of the molecule is Nc1ncc(OP(=O)(O)O)n1C1O[C@H](CO)[C@@H](O)[C@H]1O. The van der Waals surface area contributed by atoms with Gasteiger partial charge in [-0.05, 0) is 0 Å². The Kier molecular flexibility index (Phi) is 4.02. The van der Waals surface area contributed by atoms with Crippen LogP contribution in [0.4, 0.5) is 5.95 Å². The zero-order valence-corrected chi connectivity index (χ0v) is 10.9. The van der Waals surface area contributed by atoms with Gasteiger partial charge in [0.1, 0.15) is 18.3 Å². The molecule has 2 rings (SSSR count). The molecular weight excluding hydrogens is 297 g/mol. The number of aromatic nitrogens is 2. The van der Waals surface area contributed by atoms with E-state index in [1.54, 1.807) is 0 Å². The van der Waals surface area contributed by atoms with Crippen LogP contribution in [0.3, 0.4) is 0 Å². The van der Waals surface area contributed by atoms with Gasteiger partial charge in [0.15, 0.2) is 6.23 Å². The Morgan fingerprint density at radius 2 is 2.10 bits per heavy atom. The summed E-state index contributed by atoms with van der Waals surface area (Å²) < 4.78 is 21.3. The van der Waals surface area contributed by atoms with Crippen molar-refractivity contribution in [1.82, 2.24) is 9.55 Å². The zero-order chi connectivity index (χ0) is 15.1. The van der Waals surface area contributed by atoms with E-state index in [2.05, 4.69) is 9.51 Å². The second-order valence-electron chi connectivity index (χ2n) is 4.14. The number of nitrogens with zero attached hydrogens (tertiary/aromatic N) is 2. The number of rotatable bonds is 4. The van der Waals surface area contributed by atoms with Crippen LogP contribution in [0.15, 0.2) is 6.20 Å². The Labute approximate surface area is 112 Å². The lowest BCUT2D eigenvalue weighted by Gasteiger charge is -2.19. The van der Waals surface area contributed by atoms with Crippen LogP contribution in [0.2, 0.25) is 0 Å². The zero-order valence-electron chi connectivity index (χ0n) is 9.97. The van der Waals surface area contributed by atoms with Crippen molar-refractivity contribution in [1.29, 1.82) is 0 Å². The predicted octanol–water partition coefficient (Wildman–Crippen LogP) is -2.45. The first-order valence-corrected chi connectivity index (χ1v) is 6.98. The van der Waals surface area contributed by atoms with Crippen molar-refractivity contribution in [2.45, 2.75) is 24.5 Å². The molecule has 1 unspecified atom stereocenters. The number of hydrogen-bond acceptors (Lipinski definition) is 8. The Morgan fingerprint density at radius 1 is 1.45 bits per heavy atom. The average molecular weight is 311 g/mol. The summed E-state index contributed by atoms with van der Waals surface area (Å²) in [6.07, 6.45) is -4.31. The van der Waals surface area contributed by atoms with Crippen LogP contribution in [0.1, 0.15) is 6.23 Å². The highest BCUT2D eigenvalue weighted by Gasteiger charge is 2.45. The summed E-state index contributed by atoms with van der Waals surface area (Å²) in [4.78, 5) is 21.1. The molecule has 1 fully saturated rings. The molecule has 0 bridgehead atoms. The molecule has 0 aromatic carbocycles. The molecule has 1 aromatic rings. The maximum atomic E-state index is 10.8. The molecule has 0 spiro atoms.